The van der Waals surface area contributed by atoms with Crippen LogP contribution in [0.2, 0.25) is 0 Å². The van der Waals surface area contributed by atoms with Gasteiger partial charge in [0.1, 0.15) is 5.75 Å². The number of rotatable bonds is 4. The van der Waals surface area contributed by atoms with Crippen LogP contribution >= 0.6 is 0 Å². The third-order valence-electron chi connectivity index (χ3n) is 2.27. The molecule has 0 saturated carbocycles. The van der Waals surface area contributed by atoms with Crippen LogP contribution in [-0.2, 0) is 6.54 Å². The molecule has 0 bridgehead atoms. The number of hydrogen-bond acceptors (Lipinski definition) is 2. The van der Waals surface area contributed by atoms with Gasteiger partial charge in [0.05, 0.1) is 7.11 Å². The molecular weight excluding hydrogens is 202 g/mol. The van der Waals surface area contributed by atoms with Gasteiger partial charge >= 0.3 is 0 Å². The maximum Gasteiger partial charge on any atom is 0.191 e. The lowest BCUT2D eigenvalue weighted by atomic mass is 10.2. The summed E-state index contributed by atoms with van der Waals surface area (Å²) in [7, 11) is 3.59. The molecule has 0 aliphatic rings. The Hall–Kier alpha value is -1.71. The Morgan fingerprint density at radius 2 is 2.25 bits per heavy atom. The summed E-state index contributed by atoms with van der Waals surface area (Å²) in [4.78, 5) is 6.07. The number of nitrogens with zero attached hydrogens (tertiary/aromatic N) is 2. The highest BCUT2D eigenvalue weighted by atomic mass is 16.5. The second kappa shape index (κ2) is 6.00. The number of ether oxygens (including phenoxy) is 1. The SMILES string of the molecule is CCN=C(N)N(C)Cc1cccc(OC)c1. The van der Waals surface area contributed by atoms with E-state index in [0.29, 0.717) is 12.5 Å². The fourth-order valence-corrected chi connectivity index (χ4v) is 1.41. The summed E-state index contributed by atoms with van der Waals surface area (Å²) >= 11 is 0. The van der Waals surface area contributed by atoms with Gasteiger partial charge in [-0.2, -0.15) is 0 Å². The van der Waals surface area contributed by atoms with Crippen molar-refractivity contribution < 1.29 is 4.74 Å². The molecule has 0 aliphatic carbocycles. The first kappa shape index (κ1) is 12.4. The van der Waals surface area contributed by atoms with Gasteiger partial charge in [-0.15, -0.1) is 0 Å². The summed E-state index contributed by atoms with van der Waals surface area (Å²) < 4.78 is 5.16. The lowest BCUT2D eigenvalue weighted by Gasteiger charge is -2.18. The molecule has 0 radical (unpaired) electrons. The summed E-state index contributed by atoms with van der Waals surface area (Å²) in [6.45, 7) is 3.40. The largest absolute Gasteiger partial charge is 0.497 e. The van der Waals surface area contributed by atoms with E-state index in [2.05, 4.69) is 4.99 Å². The van der Waals surface area contributed by atoms with E-state index in [4.69, 9.17) is 10.5 Å². The minimum Gasteiger partial charge on any atom is -0.497 e. The first-order chi connectivity index (χ1) is 7.67. The van der Waals surface area contributed by atoms with Crippen LogP contribution in [0.25, 0.3) is 0 Å². The zero-order valence-electron chi connectivity index (χ0n) is 10.1. The van der Waals surface area contributed by atoms with Crippen LogP contribution in [0, 0.1) is 0 Å². The van der Waals surface area contributed by atoms with Gasteiger partial charge in [0, 0.05) is 20.1 Å². The minimum absolute atomic E-state index is 0.560. The molecule has 16 heavy (non-hydrogen) atoms. The van der Waals surface area contributed by atoms with Crippen molar-refractivity contribution in [3.05, 3.63) is 29.8 Å². The predicted molar refractivity (Wildman–Crippen MR) is 66.6 cm³/mol. The van der Waals surface area contributed by atoms with Gasteiger partial charge in [0.25, 0.3) is 0 Å². The van der Waals surface area contributed by atoms with E-state index in [1.54, 1.807) is 7.11 Å². The monoisotopic (exact) mass is 221 g/mol. The molecule has 2 N–H and O–H groups in total. The fourth-order valence-electron chi connectivity index (χ4n) is 1.41. The highest BCUT2D eigenvalue weighted by Gasteiger charge is 2.03. The van der Waals surface area contributed by atoms with E-state index >= 15 is 0 Å². The molecule has 4 heteroatoms. The first-order valence-corrected chi connectivity index (χ1v) is 5.31. The quantitative estimate of drug-likeness (QED) is 0.618. The van der Waals surface area contributed by atoms with Crippen LogP contribution in [0.15, 0.2) is 29.3 Å². The number of hydrogen-bond donors (Lipinski definition) is 1. The molecule has 1 aromatic rings. The standard InChI is InChI=1S/C12H19N3O/c1-4-14-12(13)15(2)9-10-6-5-7-11(8-10)16-3/h5-8H,4,9H2,1-3H3,(H2,13,14). The van der Waals surface area contributed by atoms with Crippen molar-refractivity contribution in [2.45, 2.75) is 13.5 Å². The van der Waals surface area contributed by atoms with Gasteiger partial charge in [-0.3, -0.25) is 4.99 Å². The zero-order valence-corrected chi connectivity index (χ0v) is 10.1. The average Bonchev–Trinajstić information content (AvgIpc) is 2.29. The number of nitrogens with two attached hydrogens (primary N) is 1. The van der Waals surface area contributed by atoms with Gasteiger partial charge in [-0.1, -0.05) is 12.1 Å². The average molecular weight is 221 g/mol. The van der Waals surface area contributed by atoms with E-state index in [-0.39, 0.29) is 0 Å². The first-order valence-electron chi connectivity index (χ1n) is 5.31. The maximum absolute atomic E-state index is 5.79. The molecule has 0 aromatic heterocycles. The topological polar surface area (TPSA) is 50.8 Å². The third kappa shape index (κ3) is 3.46. The molecule has 0 unspecified atom stereocenters. The Balaban J connectivity index is 2.69. The highest BCUT2D eigenvalue weighted by Crippen LogP contribution is 2.13. The van der Waals surface area contributed by atoms with Crippen molar-refractivity contribution in [2.24, 2.45) is 10.7 Å². The lowest BCUT2D eigenvalue weighted by Crippen LogP contribution is -2.33. The number of aliphatic imine (C=N–C) groups is 1. The minimum atomic E-state index is 0.560. The van der Waals surface area contributed by atoms with Crippen LogP contribution in [-0.4, -0.2) is 31.6 Å². The van der Waals surface area contributed by atoms with Gasteiger partial charge in [0.2, 0.25) is 0 Å². The predicted octanol–water partition coefficient (Wildman–Crippen LogP) is 1.46. The Morgan fingerprint density at radius 1 is 1.50 bits per heavy atom. The van der Waals surface area contributed by atoms with E-state index in [9.17, 15) is 0 Å². The molecule has 0 amide bonds. The molecule has 4 nitrogen and oxygen atoms in total. The fraction of sp³-hybridized carbons (Fsp3) is 0.417. The molecule has 1 aromatic carbocycles. The van der Waals surface area contributed by atoms with Crippen LogP contribution in [0.4, 0.5) is 0 Å². The number of benzene rings is 1. The van der Waals surface area contributed by atoms with Gasteiger partial charge < -0.3 is 15.4 Å². The van der Waals surface area contributed by atoms with Gasteiger partial charge in [-0.25, -0.2) is 0 Å². The summed E-state index contributed by atoms with van der Waals surface area (Å²) in [5.41, 5.74) is 6.94. The second-order valence-corrected chi connectivity index (χ2v) is 3.54. The maximum atomic E-state index is 5.79. The van der Waals surface area contributed by atoms with Gasteiger partial charge in [-0.05, 0) is 24.6 Å². The molecule has 0 spiro atoms. The van der Waals surface area contributed by atoms with E-state index in [1.165, 1.54) is 0 Å². The molecule has 0 aliphatic heterocycles. The van der Waals surface area contributed by atoms with Crippen LogP contribution in [0.1, 0.15) is 12.5 Å². The van der Waals surface area contributed by atoms with Crippen LogP contribution < -0.4 is 10.5 Å². The zero-order chi connectivity index (χ0) is 12.0. The molecule has 0 heterocycles. The van der Waals surface area contributed by atoms with Crippen molar-refractivity contribution in [1.82, 2.24) is 4.90 Å². The third-order valence-corrected chi connectivity index (χ3v) is 2.27. The lowest BCUT2D eigenvalue weighted by molar-refractivity contribution is 0.412. The molecule has 0 atom stereocenters. The van der Waals surface area contributed by atoms with E-state index in [0.717, 1.165) is 17.9 Å². The normalized spacial score (nSPS) is 11.3. The van der Waals surface area contributed by atoms with Gasteiger partial charge in [0.15, 0.2) is 5.96 Å². The summed E-state index contributed by atoms with van der Waals surface area (Å²) in [6, 6.07) is 7.93. The Labute approximate surface area is 96.7 Å². The smallest absolute Gasteiger partial charge is 0.191 e. The Bertz CT molecular complexity index is 363. The van der Waals surface area contributed by atoms with Crippen LogP contribution in [0.5, 0.6) is 5.75 Å². The number of methoxy groups -OCH3 is 1. The Morgan fingerprint density at radius 3 is 2.88 bits per heavy atom. The van der Waals surface area contributed by atoms with E-state index < -0.39 is 0 Å². The molecule has 1 rings (SSSR count). The number of guanidine groups is 1. The van der Waals surface area contributed by atoms with Crippen molar-refractivity contribution in [2.75, 3.05) is 20.7 Å². The molecule has 88 valence electrons. The highest BCUT2D eigenvalue weighted by molar-refractivity contribution is 5.77. The Kier molecular flexibility index (Phi) is 4.64. The summed E-state index contributed by atoms with van der Waals surface area (Å²) in [5, 5.41) is 0. The van der Waals surface area contributed by atoms with Crippen molar-refractivity contribution >= 4 is 5.96 Å². The van der Waals surface area contributed by atoms with Crippen LogP contribution in [0.3, 0.4) is 0 Å². The second-order valence-electron chi connectivity index (χ2n) is 3.54. The van der Waals surface area contributed by atoms with E-state index in [1.807, 2.05) is 43.1 Å². The molecule has 0 saturated heterocycles. The molecular formula is C12H19N3O. The van der Waals surface area contributed by atoms with Crippen molar-refractivity contribution in [3.8, 4) is 5.75 Å². The van der Waals surface area contributed by atoms with Crippen molar-refractivity contribution in [3.63, 3.8) is 0 Å². The summed E-state index contributed by atoms with van der Waals surface area (Å²) in [5.74, 6) is 1.42. The summed E-state index contributed by atoms with van der Waals surface area (Å²) in [6.07, 6.45) is 0. The molecule has 0 fully saturated rings. The van der Waals surface area contributed by atoms with Crippen molar-refractivity contribution in [1.29, 1.82) is 0 Å².